The van der Waals surface area contributed by atoms with E-state index in [-0.39, 0.29) is 48.6 Å². The van der Waals surface area contributed by atoms with Gasteiger partial charge in [0.15, 0.2) is 5.78 Å². The second kappa shape index (κ2) is 9.15. The number of para-hydroxylation sites is 1. The van der Waals surface area contributed by atoms with E-state index < -0.39 is 10.0 Å². The van der Waals surface area contributed by atoms with Crippen molar-refractivity contribution in [1.82, 2.24) is 13.8 Å². The van der Waals surface area contributed by atoms with Gasteiger partial charge in [-0.3, -0.25) is 9.59 Å². The summed E-state index contributed by atoms with van der Waals surface area (Å²) in [6.45, 7) is 5.83. The van der Waals surface area contributed by atoms with E-state index in [0.29, 0.717) is 22.5 Å². The predicted octanol–water partition coefficient (Wildman–Crippen LogP) is 3.58. The molecule has 4 rings (SSSR count). The van der Waals surface area contributed by atoms with Crippen molar-refractivity contribution in [2.75, 3.05) is 26.2 Å². The summed E-state index contributed by atoms with van der Waals surface area (Å²) in [7, 11) is -3.73. The summed E-state index contributed by atoms with van der Waals surface area (Å²) in [4.78, 5) is 26.4. The maximum Gasteiger partial charge on any atom is 0.255 e. The Hall–Kier alpha value is -3.30. The van der Waals surface area contributed by atoms with Gasteiger partial charge >= 0.3 is 0 Å². The Kier molecular flexibility index (Phi) is 6.42. The summed E-state index contributed by atoms with van der Waals surface area (Å²) >= 11 is 0. The second-order valence-corrected chi connectivity index (χ2v) is 10.3. The molecular weight excluding hydrogens is 457 g/mol. The van der Waals surface area contributed by atoms with Crippen LogP contribution in [0.2, 0.25) is 0 Å². The van der Waals surface area contributed by atoms with Crippen molar-refractivity contribution < 1.29 is 22.4 Å². The number of aromatic nitrogens is 1. The van der Waals surface area contributed by atoms with Crippen LogP contribution in [-0.2, 0) is 10.0 Å². The van der Waals surface area contributed by atoms with Crippen LogP contribution in [0.1, 0.15) is 39.0 Å². The maximum atomic E-state index is 14.4. The molecule has 0 bridgehead atoms. The summed E-state index contributed by atoms with van der Waals surface area (Å²) < 4.78 is 43.4. The molecule has 3 aromatic rings. The standard InChI is InChI=1S/C25H26FN3O4S/c1-17-16-22(18(2)29(17)24-7-5-4-6-23(24)26)25(31)27-12-14-28(15-13-27)34(32,33)21-10-8-20(9-11-21)19(3)30/h4-11,16H,12-15H2,1-3H3. The van der Waals surface area contributed by atoms with Gasteiger partial charge in [-0.25, -0.2) is 12.8 Å². The van der Waals surface area contributed by atoms with Crippen molar-refractivity contribution in [3.8, 4) is 5.69 Å². The van der Waals surface area contributed by atoms with Crippen LogP contribution >= 0.6 is 0 Å². The van der Waals surface area contributed by atoms with Crippen LogP contribution in [0.15, 0.2) is 59.5 Å². The molecule has 1 aliphatic heterocycles. The number of amides is 1. The highest BCUT2D eigenvalue weighted by Crippen LogP contribution is 2.25. The van der Waals surface area contributed by atoms with Crippen molar-refractivity contribution in [1.29, 1.82) is 0 Å². The molecule has 1 fully saturated rings. The van der Waals surface area contributed by atoms with Crippen LogP contribution in [0.25, 0.3) is 5.69 Å². The molecule has 178 valence electrons. The zero-order chi connectivity index (χ0) is 24.6. The number of hydrogen-bond acceptors (Lipinski definition) is 4. The topological polar surface area (TPSA) is 79.7 Å². The van der Waals surface area contributed by atoms with E-state index in [4.69, 9.17) is 0 Å². The fourth-order valence-corrected chi connectivity index (χ4v) is 5.72. The van der Waals surface area contributed by atoms with Gasteiger partial charge in [0.05, 0.1) is 16.1 Å². The summed E-state index contributed by atoms with van der Waals surface area (Å²) in [5, 5.41) is 0. The number of carbonyl (C=O) groups is 2. The average Bonchev–Trinajstić information content (AvgIpc) is 3.12. The number of rotatable bonds is 5. The van der Waals surface area contributed by atoms with Gasteiger partial charge in [0.2, 0.25) is 10.0 Å². The van der Waals surface area contributed by atoms with Gasteiger partial charge in [-0.15, -0.1) is 0 Å². The normalized spacial score (nSPS) is 14.9. The van der Waals surface area contributed by atoms with Crippen LogP contribution < -0.4 is 0 Å². The van der Waals surface area contributed by atoms with E-state index in [1.54, 1.807) is 40.7 Å². The predicted molar refractivity (Wildman–Crippen MR) is 126 cm³/mol. The monoisotopic (exact) mass is 483 g/mol. The fraction of sp³-hybridized carbons (Fsp3) is 0.280. The molecule has 34 heavy (non-hydrogen) atoms. The van der Waals surface area contributed by atoms with E-state index in [9.17, 15) is 22.4 Å². The van der Waals surface area contributed by atoms with Crippen molar-refractivity contribution >= 4 is 21.7 Å². The molecule has 9 heteroatoms. The summed E-state index contributed by atoms with van der Waals surface area (Å²) in [5.41, 5.74) is 2.66. The molecule has 0 aliphatic carbocycles. The highest BCUT2D eigenvalue weighted by Gasteiger charge is 2.31. The smallest absolute Gasteiger partial charge is 0.255 e. The molecule has 1 amide bonds. The molecule has 1 aliphatic rings. The largest absolute Gasteiger partial charge is 0.336 e. The zero-order valence-electron chi connectivity index (χ0n) is 19.3. The first-order chi connectivity index (χ1) is 16.1. The Bertz CT molecular complexity index is 1360. The molecule has 0 saturated carbocycles. The highest BCUT2D eigenvalue weighted by molar-refractivity contribution is 7.89. The van der Waals surface area contributed by atoms with E-state index >= 15 is 0 Å². The van der Waals surface area contributed by atoms with Crippen LogP contribution in [-0.4, -0.2) is 60.1 Å². The van der Waals surface area contributed by atoms with Crippen molar-refractivity contribution in [2.24, 2.45) is 0 Å². The van der Waals surface area contributed by atoms with Gasteiger partial charge in [0.25, 0.3) is 5.91 Å². The minimum Gasteiger partial charge on any atom is -0.336 e. The minimum atomic E-state index is -3.73. The van der Waals surface area contributed by atoms with Gasteiger partial charge in [-0.2, -0.15) is 4.31 Å². The number of nitrogens with zero attached hydrogens (tertiary/aromatic N) is 3. The van der Waals surface area contributed by atoms with E-state index in [1.807, 2.05) is 6.92 Å². The van der Waals surface area contributed by atoms with E-state index in [0.717, 1.165) is 5.69 Å². The summed E-state index contributed by atoms with van der Waals surface area (Å²) in [5.74, 6) is -0.720. The first kappa shape index (κ1) is 23.8. The van der Waals surface area contributed by atoms with Crippen molar-refractivity contribution in [3.05, 3.63) is 82.9 Å². The lowest BCUT2D eigenvalue weighted by atomic mass is 10.2. The maximum absolute atomic E-state index is 14.4. The molecule has 0 atom stereocenters. The minimum absolute atomic E-state index is 0.116. The Labute approximate surface area is 198 Å². The summed E-state index contributed by atoms with van der Waals surface area (Å²) in [6.07, 6.45) is 0. The SMILES string of the molecule is CC(=O)c1ccc(S(=O)(=O)N2CCN(C(=O)c3cc(C)n(-c4ccccc4F)c3C)CC2)cc1. The number of Topliss-reactive ketones (excluding diaryl/α,β-unsaturated/α-hetero) is 1. The fourth-order valence-electron chi connectivity index (χ4n) is 4.30. The molecular formula is C25H26FN3O4S. The molecule has 0 radical (unpaired) electrons. The Morgan fingerprint density at radius 3 is 2.12 bits per heavy atom. The Morgan fingerprint density at radius 2 is 1.53 bits per heavy atom. The van der Waals surface area contributed by atoms with Crippen LogP contribution in [0.3, 0.4) is 0 Å². The Morgan fingerprint density at radius 1 is 0.912 bits per heavy atom. The van der Waals surface area contributed by atoms with E-state index in [1.165, 1.54) is 41.6 Å². The van der Waals surface area contributed by atoms with Crippen LogP contribution in [0.5, 0.6) is 0 Å². The van der Waals surface area contributed by atoms with Gasteiger partial charge in [0, 0.05) is 43.1 Å². The molecule has 2 aromatic carbocycles. The van der Waals surface area contributed by atoms with Gasteiger partial charge in [0.1, 0.15) is 5.82 Å². The molecule has 1 saturated heterocycles. The zero-order valence-corrected chi connectivity index (χ0v) is 20.1. The number of halogens is 1. The number of piperazine rings is 1. The highest BCUT2D eigenvalue weighted by atomic mass is 32.2. The molecule has 0 N–H and O–H groups in total. The molecule has 2 heterocycles. The van der Waals surface area contributed by atoms with Gasteiger partial charge in [-0.1, -0.05) is 24.3 Å². The number of sulfonamides is 1. The molecule has 1 aromatic heterocycles. The van der Waals surface area contributed by atoms with Crippen LogP contribution in [0, 0.1) is 19.7 Å². The molecule has 7 nitrogen and oxygen atoms in total. The van der Waals surface area contributed by atoms with Crippen LogP contribution in [0.4, 0.5) is 4.39 Å². The number of aryl methyl sites for hydroxylation is 1. The van der Waals surface area contributed by atoms with E-state index in [2.05, 4.69) is 0 Å². The lowest BCUT2D eigenvalue weighted by molar-refractivity contribution is 0.0697. The van der Waals surface area contributed by atoms with Gasteiger partial charge in [-0.05, 0) is 51.1 Å². The summed E-state index contributed by atoms with van der Waals surface area (Å²) in [6, 6.07) is 14.0. The van der Waals surface area contributed by atoms with Crippen molar-refractivity contribution in [2.45, 2.75) is 25.7 Å². The molecule has 0 unspecified atom stereocenters. The number of hydrogen-bond donors (Lipinski definition) is 0. The second-order valence-electron chi connectivity index (χ2n) is 8.35. The number of ketones is 1. The third-order valence-corrected chi connectivity index (χ3v) is 8.09. The number of benzene rings is 2. The number of carbonyl (C=O) groups excluding carboxylic acids is 2. The molecule has 0 spiro atoms. The average molecular weight is 484 g/mol. The quantitative estimate of drug-likeness (QED) is 0.520. The lowest BCUT2D eigenvalue weighted by Crippen LogP contribution is -2.50. The third-order valence-electron chi connectivity index (χ3n) is 6.18. The van der Waals surface area contributed by atoms with Crippen molar-refractivity contribution in [3.63, 3.8) is 0 Å². The first-order valence-corrected chi connectivity index (χ1v) is 12.4. The Balaban J connectivity index is 1.50. The third kappa shape index (κ3) is 4.28. The van der Waals surface area contributed by atoms with Gasteiger partial charge < -0.3 is 9.47 Å². The first-order valence-electron chi connectivity index (χ1n) is 11.0. The lowest BCUT2D eigenvalue weighted by Gasteiger charge is -2.34.